The summed E-state index contributed by atoms with van der Waals surface area (Å²) in [6.07, 6.45) is -4.11. The van der Waals surface area contributed by atoms with Crippen molar-refractivity contribution in [3.8, 4) is 0 Å². The van der Waals surface area contributed by atoms with E-state index in [2.05, 4.69) is 9.84 Å². The summed E-state index contributed by atoms with van der Waals surface area (Å²) in [6.45, 7) is 2.17. The van der Waals surface area contributed by atoms with Crippen molar-refractivity contribution in [1.82, 2.24) is 5.32 Å². The molecule has 0 saturated heterocycles. The van der Waals surface area contributed by atoms with Gasteiger partial charge in [0.2, 0.25) is 5.91 Å². The van der Waals surface area contributed by atoms with Gasteiger partial charge < -0.3 is 20.6 Å². The highest BCUT2D eigenvalue weighted by atomic mass is 31.1. The summed E-state index contributed by atoms with van der Waals surface area (Å²) in [5.74, 6) is -0.397. The summed E-state index contributed by atoms with van der Waals surface area (Å²) in [6, 6.07) is -0.761. The van der Waals surface area contributed by atoms with Crippen molar-refractivity contribution in [1.29, 1.82) is 0 Å². The van der Waals surface area contributed by atoms with E-state index in [1.807, 2.05) is 0 Å². The highest BCUT2D eigenvalue weighted by molar-refractivity contribution is 7.32. The van der Waals surface area contributed by atoms with Crippen LogP contribution in [-0.4, -0.2) is 57.1 Å². The molecule has 0 aromatic heterocycles. The maximum absolute atomic E-state index is 10.9. The summed E-state index contributed by atoms with van der Waals surface area (Å²) in [4.78, 5) is 19.6. The molecule has 0 bridgehead atoms. The van der Waals surface area contributed by atoms with Crippen LogP contribution in [0, 0.1) is 0 Å². The fraction of sp³-hybridized carbons (Fsp3) is 0.889. The molecule has 0 radical (unpaired) electrons. The Morgan fingerprint density at radius 2 is 2.00 bits per heavy atom. The van der Waals surface area contributed by atoms with Crippen LogP contribution >= 0.6 is 8.25 Å². The molecule has 106 valence electrons. The number of hydrogen-bond acceptors (Lipinski definition) is 6. The van der Waals surface area contributed by atoms with Gasteiger partial charge in [-0.25, -0.2) is 0 Å². The minimum absolute atomic E-state index is 0.320. The van der Waals surface area contributed by atoms with Crippen LogP contribution in [0.25, 0.3) is 0 Å². The van der Waals surface area contributed by atoms with Gasteiger partial charge >= 0.3 is 8.25 Å². The molecule has 0 rings (SSSR count). The zero-order valence-corrected chi connectivity index (χ0v) is 11.1. The van der Waals surface area contributed by atoms with Crippen LogP contribution in [0.5, 0.6) is 0 Å². The molecule has 0 aromatic carbocycles. The zero-order valence-electron chi connectivity index (χ0n) is 10.2. The Kier molecular flexibility index (Phi) is 8.17. The van der Waals surface area contributed by atoms with Gasteiger partial charge in [0.1, 0.15) is 12.2 Å². The number of rotatable bonds is 8. The van der Waals surface area contributed by atoms with E-state index >= 15 is 0 Å². The quantitative estimate of drug-likeness (QED) is 0.347. The molecule has 9 heteroatoms. The second-order valence-electron chi connectivity index (χ2n) is 3.76. The van der Waals surface area contributed by atoms with Gasteiger partial charge in [0, 0.05) is 11.5 Å². The smallest absolute Gasteiger partial charge is 0.394 e. The van der Waals surface area contributed by atoms with E-state index in [-0.39, 0.29) is 0 Å². The number of amides is 1. The molecule has 1 amide bonds. The van der Waals surface area contributed by atoms with E-state index in [4.69, 9.17) is 10.00 Å². The summed E-state index contributed by atoms with van der Waals surface area (Å²) in [5, 5.41) is 30.6. The molecule has 5 atom stereocenters. The number of nitrogens with one attached hydrogen (secondary N) is 1. The van der Waals surface area contributed by atoms with Crippen molar-refractivity contribution >= 4 is 14.2 Å². The summed E-state index contributed by atoms with van der Waals surface area (Å²) in [5.41, 5.74) is 0. The molecule has 0 aromatic rings. The summed E-state index contributed by atoms with van der Waals surface area (Å²) in [7, 11) is -3.05. The lowest BCUT2D eigenvalue weighted by Crippen LogP contribution is -2.52. The number of carbonyl (C=O) groups is 1. The Balaban J connectivity index is 4.83. The molecule has 0 fully saturated rings. The van der Waals surface area contributed by atoms with Gasteiger partial charge in [0.05, 0.1) is 12.6 Å². The Hall–Kier alpha value is -0.630. The van der Waals surface area contributed by atoms with Crippen LogP contribution in [0.4, 0.5) is 0 Å². The lowest BCUT2D eigenvalue weighted by molar-refractivity contribution is -0.122. The van der Waals surface area contributed by atoms with Gasteiger partial charge in [0.15, 0.2) is 6.10 Å². The third-order valence-electron chi connectivity index (χ3n) is 2.36. The average molecular weight is 284 g/mol. The van der Waals surface area contributed by atoms with E-state index < -0.39 is 45.1 Å². The third kappa shape index (κ3) is 5.81. The lowest BCUT2D eigenvalue weighted by atomic mass is 9.99. The Labute approximate surface area is 106 Å². The van der Waals surface area contributed by atoms with E-state index in [9.17, 15) is 19.6 Å². The van der Waals surface area contributed by atoms with Crippen molar-refractivity contribution in [2.45, 2.75) is 44.6 Å². The predicted molar refractivity (Wildman–Crippen MR) is 61.7 cm³/mol. The molecular formula is C9H19NO7P+. The number of carbonyl (C=O) groups excluding carboxylic acids is 1. The van der Waals surface area contributed by atoms with Crippen molar-refractivity contribution in [2.75, 3.05) is 6.61 Å². The topological polar surface area (TPSA) is 136 Å². The van der Waals surface area contributed by atoms with Gasteiger partial charge in [-0.1, -0.05) is 6.92 Å². The molecule has 18 heavy (non-hydrogen) atoms. The largest absolute Gasteiger partial charge is 0.695 e. The van der Waals surface area contributed by atoms with Gasteiger partial charge in [0.25, 0.3) is 0 Å². The Bertz CT molecular complexity index is 288. The van der Waals surface area contributed by atoms with E-state index in [0.717, 1.165) is 0 Å². The van der Waals surface area contributed by atoms with Crippen molar-refractivity contribution in [3.05, 3.63) is 0 Å². The fourth-order valence-electron chi connectivity index (χ4n) is 1.49. The monoisotopic (exact) mass is 284 g/mol. The second kappa shape index (κ2) is 8.47. The van der Waals surface area contributed by atoms with Crippen LogP contribution in [-0.2, 0) is 13.9 Å². The lowest BCUT2D eigenvalue weighted by Gasteiger charge is -2.28. The summed E-state index contributed by atoms with van der Waals surface area (Å²) < 4.78 is 15.1. The van der Waals surface area contributed by atoms with Gasteiger partial charge in [-0.15, -0.1) is 9.42 Å². The maximum atomic E-state index is 10.9. The summed E-state index contributed by atoms with van der Waals surface area (Å²) >= 11 is 0. The third-order valence-corrected chi connectivity index (χ3v) is 2.78. The van der Waals surface area contributed by atoms with E-state index in [1.54, 1.807) is 6.92 Å². The first-order chi connectivity index (χ1) is 8.33. The number of aliphatic hydroxyl groups excluding tert-OH is 3. The molecule has 0 spiro atoms. The molecule has 0 saturated carbocycles. The molecule has 0 aliphatic carbocycles. The predicted octanol–water partition coefficient (Wildman–Crippen LogP) is -1.35. The van der Waals surface area contributed by atoms with Crippen LogP contribution < -0.4 is 5.32 Å². The van der Waals surface area contributed by atoms with E-state index in [1.165, 1.54) is 6.92 Å². The molecule has 5 N–H and O–H groups in total. The maximum Gasteiger partial charge on any atom is 0.695 e. The first-order valence-electron chi connectivity index (χ1n) is 5.40. The molecule has 8 nitrogen and oxygen atoms in total. The number of aliphatic hydroxyl groups is 3. The first kappa shape index (κ1) is 17.4. The molecule has 0 aliphatic heterocycles. The van der Waals surface area contributed by atoms with Crippen molar-refractivity contribution < 1.29 is 34.1 Å². The van der Waals surface area contributed by atoms with Crippen LogP contribution in [0.15, 0.2) is 0 Å². The fourth-order valence-corrected chi connectivity index (χ4v) is 1.96. The highest BCUT2D eigenvalue weighted by Gasteiger charge is 2.39. The highest BCUT2D eigenvalue weighted by Crippen LogP contribution is 2.24. The molecular weight excluding hydrogens is 265 g/mol. The first-order valence-corrected chi connectivity index (χ1v) is 6.53. The average Bonchev–Trinajstić information content (AvgIpc) is 2.30. The van der Waals surface area contributed by atoms with E-state index in [0.29, 0.717) is 6.42 Å². The molecule has 0 aliphatic rings. The van der Waals surface area contributed by atoms with Gasteiger partial charge in [-0.2, -0.15) is 0 Å². The van der Waals surface area contributed by atoms with Crippen molar-refractivity contribution in [3.63, 3.8) is 0 Å². The SMILES string of the molecule is CCC(NC(C)=O)C(O)[C@H](O[P+](=O)O)C(O)CO. The van der Waals surface area contributed by atoms with Crippen LogP contribution in [0.1, 0.15) is 20.3 Å². The minimum Gasteiger partial charge on any atom is -0.394 e. The number of hydrogen-bond donors (Lipinski definition) is 5. The Morgan fingerprint density at radius 3 is 2.33 bits per heavy atom. The van der Waals surface area contributed by atoms with Crippen LogP contribution in [0.3, 0.4) is 0 Å². The second-order valence-corrected chi connectivity index (χ2v) is 4.45. The standard InChI is InChI=1S/C9H18NO7P/c1-3-6(10-5(2)12)8(14)9(7(13)4-11)17-18(15)16/h6-9,11,13-14H,3-4H2,1-2H3,(H-,10,12,15,16)/p+1/t6?,7?,8?,9-/m1/s1. The molecule has 0 heterocycles. The van der Waals surface area contributed by atoms with Crippen LogP contribution in [0.2, 0.25) is 0 Å². The Morgan fingerprint density at radius 1 is 1.44 bits per heavy atom. The molecule has 4 unspecified atom stereocenters. The van der Waals surface area contributed by atoms with Gasteiger partial charge in [-0.05, 0) is 6.42 Å². The zero-order chi connectivity index (χ0) is 14.3. The van der Waals surface area contributed by atoms with Crippen molar-refractivity contribution in [2.24, 2.45) is 0 Å². The van der Waals surface area contributed by atoms with Gasteiger partial charge in [-0.3, -0.25) is 4.79 Å². The normalized spacial score (nSPS) is 18.7. The minimum atomic E-state index is -3.05.